The molecule has 0 radical (unpaired) electrons. The number of rotatable bonds is 5. The number of hydrogen-bond acceptors (Lipinski definition) is 7. The van der Waals surface area contributed by atoms with E-state index >= 15 is 0 Å². The van der Waals surface area contributed by atoms with Gasteiger partial charge in [-0.25, -0.2) is 4.98 Å². The lowest BCUT2D eigenvalue weighted by Gasteiger charge is -2.17. The average Bonchev–Trinajstić information content (AvgIpc) is 3.22. The number of nitrogens with one attached hydrogen (secondary N) is 2. The summed E-state index contributed by atoms with van der Waals surface area (Å²) in [5.74, 6) is 1.29. The fourth-order valence-corrected chi connectivity index (χ4v) is 2.87. The number of amides is 1. The summed E-state index contributed by atoms with van der Waals surface area (Å²) < 4.78 is 5.42. The fourth-order valence-electron chi connectivity index (χ4n) is 2.87. The van der Waals surface area contributed by atoms with Crippen LogP contribution in [0.4, 0.5) is 17.5 Å². The van der Waals surface area contributed by atoms with Crippen molar-refractivity contribution in [3.8, 4) is 11.8 Å². The highest BCUT2D eigenvalue weighted by Crippen LogP contribution is 2.29. The van der Waals surface area contributed by atoms with E-state index < -0.39 is 0 Å². The molecule has 0 atom stereocenters. The summed E-state index contributed by atoms with van der Waals surface area (Å²) in [6.07, 6.45) is 3.54. The molecule has 1 amide bonds. The number of nitrogens with zero attached hydrogens (tertiary/aromatic N) is 4. The first-order chi connectivity index (χ1) is 12.7. The van der Waals surface area contributed by atoms with Crippen molar-refractivity contribution in [2.45, 2.75) is 12.8 Å². The molecule has 0 bridgehead atoms. The molecule has 0 spiro atoms. The van der Waals surface area contributed by atoms with Crippen molar-refractivity contribution >= 4 is 23.4 Å². The van der Waals surface area contributed by atoms with E-state index in [9.17, 15) is 4.79 Å². The van der Waals surface area contributed by atoms with E-state index in [1.165, 1.54) is 6.20 Å². The van der Waals surface area contributed by atoms with Gasteiger partial charge in [0.25, 0.3) is 5.91 Å². The zero-order valence-electron chi connectivity index (χ0n) is 14.7. The number of aromatic nitrogens is 2. The molecular weight excluding hydrogens is 332 g/mol. The minimum Gasteiger partial charge on any atom is -0.495 e. The van der Waals surface area contributed by atoms with Gasteiger partial charge in [0.2, 0.25) is 5.95 Å². The van der Waals surface area contributed by atoms with Crippen LogP contribution in [0.25, 0.3) is 0 Å². The van der Waals surface area contributed by atoms with Crippen molar-refractivity contribution in [1.29, 1.82) is 5.26 Å². The molecule has 26 heavy (non-hydrogen) atoms. The normalized spacial score (nSPS) is 13.2. The second-order valence-corrected chi connectivity index (χ2v) is 5.86. The number of likely N-dealkylation sites (tertiary alicyclic amines) is 1. The summed E-state index contributed by atoms with van der Waals surface area (Å²) >= 11 is 0. The molecule has 1 aromatic carbocycles. The minimum atomic E-state index is 0.0134. The lowest BCUT2D eigenvalue weighted by molar-refractivity contribution is 0.0792. The van der Waals surface area contributed by atoms with Gasteiger partial charge in [-0.2, -0.15) is 10.2 Å². The van der Waals surface area contributed by atoms with Gasteiger partial charge in [0.05, 0.1) is 19.0 Å². The SMILES string of the molecule is CNc1nc(Nc2ccc(C(=O)N3CCCC3)cc2OC)ncc1C#N. The Hall–Kier alpha value is -3.34. The molecule has 2 aromatic rings. The van der Waals surface area contributed by atoms with Crippen LogP contribution in [0.3, 0.4) is 0 Å². The molecule has 1 fully saturated rings. The van der Waals surface area contributed by atoms with Gasteiger partial charge in [-0.1, -0.05) is 0 Å². The van der Waals surface area contributed by atoms with Crippen LogP contribution < -0.4 is 15.4 Å². The highest BCUT2D eigenvalue weighted by atomic mass is 16.5. The quantitative estimate of drug-likeness (QED) is 0.851. The van der Waals surface area contributed by atoms with Crippen molar-refractivity contribution in [1.82, 2.24) is 14.9 Å². The van der Waals surface area contributed by atoms with Crippen molar-refractivity contribution in [2.75, 3.05) is 37.9 Å². The highest BCUT2D eigenvalue weighted by Gasteiger charge is 2.20. The van der Waals surface area contributed by atoms with Crippen LogP contribution in [0.2, 0.25) is 0 Å². The van der Waals surface area contributed by atoms with Gasteiger partial charge in [0.15, 0.2) is 0 Å². The molecule has 1 aliphatic heterocycles. The van der Waals surface area contributed by atoms with Gasteiger partial charge >= 0.3 is 0 Å². The van der Waals surface area contributed by atoms with Crippen LogP contribution in [0, 0.1) is 11.3 Å². The molecule has 8 nitrogen and oxygen atoms in total. The van der Waals surface area contributed by atoms with Crippen LogP contribution in [-0.2, 0) is 0 Å². The summed E-state index contributed by atoms with van der Waals surface area (Å²) in [7, 11) is 3.23. The number of anilines is 3. The Morgan fingerprint density at radius 3 is 2.77 bits per heavy atom. The fraction of sp³-hybridized carbons (Fsp3) is 0.333. The number of carbonyl (C=O) groups is 1. The molecule has 0 unspecified atom stereocenters. The van der Waals surface area contributed by atoms with Crippen molar-refractivity contribution in [3.63, 3.8) is 0 Å². The standard InChI is InChI=1S/C18H20N6O2/c1-20-16-13(10-19)11-21-18(23-16)22-14-6-5-12(9-15(14)26-2)17(25)24-7-3-4-8-24/h5-6,9,11H,3-4,7-8H2,1-2H3,(H2,20,21,22,23). The van der Waals surface area contributed by atoms with Gasteiger partial charge < -0.3 is 20.3 Å². The molecule has 134 valence electrons. The Labute approximate surface area is 151 Å². The zero-order chi connectivity index (χ0) is 18.5. The number of ether oxygens (including phenoxy) is 1. The molecular formula is C18H20N6O2. The molecule has 0 saturated carbocycles. The first-order valence-corrected chi connectivity index (χ1v) is 8.35. The average molecular weight is 352 g/mol. The number of carbonyl (C=O) groups excluding carboxylic acids is 1. The molecule has 3 rings (SSSR count). The predicted molar refractivity (Wildman–Crippen MR) is 97.7 cm³/mol. The van der Waals surface area contributed by atoms with E-state index in [1.807, 2.05) is 11.0 Å². The maximum atomic E-state index is 12.5. The van der Waals surface area contributed by atoms with Crippen LogP contribution in [0.15, 0.2) is 24.4 Å². The topological polar surface area (TPSA) is 103 Å². The van der Waals surface area contributed by atoms with Crippen LogP contribution in [-0.4, -0.2) is 48.0 Å². The number of hydrogen-bond donors (Lipinski definition) is 2. The number of methoxy groups -OCH3 is 1. The molecule has 2 N–H and O–H groups in total. The molecule has 1 aromatic heterocycles. The van der Waals surface area contributed by atoms with E-state index in [0.717, 1.165) is 25.9 Å². The number of benzene rings is 1. The molecule has 1 aliphatic rings. The molecule has 2 heterocycles. The second-order valence-electron chi connectivity index (χ2n) is 5.86. The third-order valence-electron chi connectivity index (χ3n) is 4.23. The Bertz CT molecular complexity index is 855. The van der Waals surface area contributed by atoms with Crippen LogP contribution in [0.5, 0.6) is 5.75 Å². The van der Waals surface area contributed by atoms with E-state index in [0.29, 0.717) is 34.3 Å². The summed E-state index contributed by atoms with van der Waals surface area (Å²) in [5.41, 5.74) is 1.58. The predicted octanol–water partition coefficient (Wildman–Crippen LogP) is 2.38. The second kappa shape index (κ2) is 7.70. The summed E-state index contributed by atoms with van der Waals surface area (Å²) in [4.78, 5) is 22.8. The number of nitriles is 1. The van der Waals surface area contributed by atoms with Gasteiger partial charge in [-0.15, -0.1) is 0 Å². The smallest absolute Gasteiger partial charge is 0.253 e. The zero-order valence-corrected chi connectivity index (χ0v) is 14.7. The lowest BCUT2D eigenvalue weighted by atomic mass is 10.1. The maximum Gasteiger partial charge on any atom is 0.253 e. The lowest BCUT2D eigenvalue weighted by Crippen LogP contribution is -2.27. The summed E-state index contributed by atoms with van der Waals surface area (Å²) in [6.45, 7) is 1.60. The van der Waals surface area contributed by atoms with Crippen molar-refractivity contribution in [3.05, 3.63) is 35.5 Å². The van der Waals surface area contributed by atoms with Crippen LogP contribution in [0.1, 0.15) is 28.8 Å². The summed E-state index contributed by atoms with van der Waals surface area (Å²) in [5, 5.41) is 15.0. The van der Waals surface area contributed by atoms with Gasteiger partial charge in [0, 0.05) is 25.7 Å². The Morgan fingerprint density at radius 1 is 1.35 bits per heavy atom. The minimum absolute atomic E-state index is 0.0134. The molecule has 0 aliphatic carbocycles. The van der Waals surface area contributed by atoms with E-state index in [1.54, 1.807) is 32.4 Å². The van der Waals surface area contributed by atoms with E-state index in [2.05, 4.69) is 20.6 Å². The van der Waals surface area contributed by atoms with Gasteiger partial charge in [-0.3, -0.25) is 4.79 Å². The third-order valence-corrected chi connectivity index (χ3v) is 4.23. The highest BCUT2D eigenvalue weighted by molar-refractivity contribution is 5.95. The van der Waals surface area contributed by atoms with E-state index in [-0.39, 0.29) is 5.91 Å². The monoisotopic (exact) mass is 352 g/mol. The Morgan fingerprint density at radius 2 is 2.12 bits per heavy atom. The van der Waals surface area contributed by atoms with Crippen molar-refractivity contribution < 1.29 is 9.53 Å². The van der Waals surface area contributed by atoms with Crippen molar-refractivity contribution in [2.24, 2.45) is 0 Å². The largest absolute Gasteiger partial charge is 0.495 e. The maximum absolute atomic E-state index is 12.5. The Balaban J connectivity index is 1.84. The molecule has 1 saturated heterocycles. The first-order valence-electron chi connectivity index (χ1n) is 8.35. The van der Waals surface area contributed by atoms with Gasteiger partial charge in [-0.05, 0) is 31.0 Å². The summed E-state index contributed by atoms with van der Waals surface area (Å²) in [6, 6.07) is 7.26. The van der Waals surface area contributed by atoms with Crippen LogP contribution >= 0.6 is 0 Å². The van der Waals surface area contributed by atoms with Gasteiger partial charge in [0.1, 0.15) is 23.2 Å². The molecule has 8 heteroatoms. The third kappa shape index (κ3) is 3.52. The van der Waals surface area contributed by atoms with E-state index in [4.69, 9.17) is 10.00 Å². The first kappa shape index (κ1) is 17.5. The Kier molecular flexibility index (Phi) is 5.17.